The van der Waals surface area contributed by atoms with Crippen molar-refractivity contribution >= 4 is 27.8 Å². The van der Waals surface area contributed by atoms with E-state index in [9.17, 15) is 0 Å². The molecule has 0 aromatic heterocycles. The fourth-order valence-corrected chi connectivity index (χ4v) is 10.4. The van der Waals surface area contributed by atoms with Crippen LogP contribution in [0.4, 0.5) is 17.1 Å². The van der Waals surface area contributed by atoms with Gasteiger partial charge in [-0.05, 0) is 117 Å². The minimum Gasteiger partial charge on any atom is -0.310 e. The Labute approximate surface area is 311 Å². The highest BCUT2D eigenvalue weighted by atomic mass is 15.1. The van der Waals surface area contributed by atoms with Crippen LogP contribution in [0.1, 0.15) is 47.9 Å². The molecule has 1 fully saturated rings. The number of nitrogens with zero attached hydrogens (tertiary/aromatic N) is 1. The zero-order valence-corrected chi connectivity index (χ0v) is 29.7. The maximum atomic E-state index is 2.55. The van der Waals surface area contributed by atoms with Crippen LogP contribution >= 0.6 is 0 Å². The first-order valence-corrected chi connectivity index (χ1v) is 19.1. The van der Waals surface area contributed by atoms with Crippen molar-refractivity contribution in [3.8, 4) is 33.4 Å². The largest absolute Gasteiger partial charge is 0.310 e. The molecular weight excluding hydrogens is 639 g/mol. The highest BCUT2D eigenvalue weighted by molar-refractivity contribution is 5.99. The van der Waals surface area contributed by atoms with Crippen LogP contribution in [0.5, 0.6) is 0 Å². The summed E-state index contributed by atoms with van der Waals surface area (Å²) in [6.07, 6.45) is 4.49. The first-order valence-electron chi connectivity index (χ1n) is 19.1. The number of rotatable bonds is 4. The third-order valence-electron chi connectivity index (χ3n) is 12.9. The SMILES string of the molecule is c1ccc(-c2ccc(N(c3ccc4c(c3)C3(CCC5(CC3)c3ccccc3-c3ccccc35)c3ccccc3-4)c3cccc4ccccc34)cc2)cc1. The molecule has 0 saturated heterocycles. The highest BCUT2D eigenvalue weighted by Crippen LogP contribution is 2.64. The summed E-state index contributed by atoms with van der Waals surface area (Å²) in [6, 6.07) is 70.3. The van der Waals surface area contributed by atoms with E-state index in [1.54, 1.807) is 0 Å². The molecule has 1 saturated carbocycles. The average Bonchev–Trinajstić information content (AvgIpc) is 3.66. The molecule has 3 aliphatic rings. The molecule has 0 radical (unpaired) electrons. The minimum absolute atomic E-state index is 0.0404. The van der Waals surface area contributed by atoms with Gasteiger partial charge in [-0.1, -0.05) is 158 Å². The molecular formula is C52H39N. The Hall–Kier alpha value is -6.18. The molecule has 0 N–H and O–H groups in total. The molecule has 0 bridgehead atoms. The van der Waals surface area contributed by atoms with Gasteiger partial charge < -0.3 is 4.90 Å². The third-order valence-corrected chi connectivity index (χ3v) is 12.9. The molecule has 1 heteroatoms. The maximum absolute atomic E-state index is 2.55. The van der Waals surface area contributed by atoms with E-state index < -0.39 is 0 Å². The molecule has 252 valence electrons. The van der Waals surface area contributed by atoms with Crippen molar-refractivity contribution < 1.29 is 0 Å². The molecule has 0 heterocycles. The molecule has 2 spiro atoms. The normalized spacial score (nSPS) is 15.5. The Balaban J connectivity index is 1.06. The summed E-state index contributed by atoms with van der Waals surface area (Å²) in [5.41, 5.74) is 17.7. The zero-order valence-electron chi connectivity index (χ0n) is 29.7. The number of hydrogen-bond donors (Lipinski definition) is 0. The lowest BCUT2D eigenvalue weighted by molar-refractivity contribution is 0.265. The van der Waals surface area contributed by atoms with Gasteiger partial charge in [0.1, 0.15) is 0 Å². The lowest BCUT2D eigenvalue weighted by atomic mass is 9.57. The van der Waals surface area contributed by atoms with Gasteiger partial charge in [0.2, 0.25) is 0 Å². The van der Waals surface area contributed by atoms with Gasteiger partial charge in [0.05, 0.1) is 5.69 Å². The fraction of sp³-hybridized carbons (Fsp3) is 0.115. The molecule has 11 rings (SSSR count). The summed E-state index contributed by atoms with van der Waals surface area (Å²) in [6.45, 7) is 0. The van der Waals surface area contributed by atoms with Gasteiger partial charge in [0.25, 0.3) is 0 Å². The van der Waals surface area contributed by atoms with Crippen molar-refractivity contribution in [2.24, 2.45) is 0 Å². The molecule has 8 aromatic rings. The monoisotopic (exact) mass is 677 g/mol. The summed E-state index contributed by atoms with van der Waals surface area (Å²) in [5.74, 6) is 0. The second kappa shape index (κ2) is 11.7. The molecule has 8 aromatic carbocycles. The fourth-order valence-electron chi connectivity index (χ4n) is 10.4. The highest BCUT2D eigenvalue weighted by Gasteiger charge is 2.53. The lowest BCUT2D eigenvalue weighted by Gasteiger charge is -2.45. The number of anilines is 3. The smallest absolute Gasteiger partial charge is 0.0540 e. The molecule has 0 unspecified atom stereocenters. The summed E-state index contributed by atoms with van der Waals surface area (Å²) >= 11 is 0. The van der Waals surface area contributed by atoms with Crippen LogP contribution in [0.2, 0.25) is 0 Å². The van der Waals surface area contributed by atoms with Gasteiger partial charge in [0, 0.05) is 27.6 Å². The van der Waals surface area contributed by atoms with Gasteiger partial charge in [-0.25, -0.2) is 0 Å². The van der Waals surface area contributed by atoms with E-state index in [4.69, 9.17) is 0 Å². The predicted octanol–water partition coefficient (Wildman–Crippen LogP) is 13.8. The summed E-state index contributed by atoms with van der Waals surface area (Å²) in [7, 11) is 0. The Kier molecular flexibility index (Phi) is 6.70. The molecule has 0 aliphatic heterocycles. The first kappa shape index (κ1) is 30.4. The summed E-state index contributed by atoms with van der Waals surface area (Å²) < 4.78 is 0. The Morgan fingerprint density at radius 3 is 1.45 bits per heavy atom. The molecule has 53 heavy (non-hydrogen) atoms. The average molecular weight is 678 g/mol. The number of fused-ring (bicyclic) bond motifs is 11. The third kappa shape index (κ3) is 4.44. The molecule has 1 nitrogen and oxygen atoms in total. The van der Waals surface area contributed by atoms with E-state index >= 15 is 0 Å². The summed E-state index contributed by atoms with van der Waals surface area (Å²) in [4.78, 5) is 2.49. The van der Waals surface area contributed by atoms with Crippen molar-refractivity contribution in [3.05, 3.63) is 210 Å². The van der Waals surface area contributed by atoms with Crippen LogP contribution in [0.25, 0.3) is 44.2 Å². The van der Waals surface area contributed by atoms with Crippen molar-refractivity contribution in [2.75, 3.05) is 4.90 Å². The van der Waals surface area contributed by atoms with Gasteiger partial charge >= 0.3 is 0 Å². The summed E-state index contributed by atoms with van der Waals surface area (Å²) in [5, 5.41) is 2.49. The van der Waals surface area contributed by atoms with Crippen LogP contribution in [-0.4, -0.2) is 0 Å². The van der Waals surface area contributed by atoms with Crippen molar-refractivity contribution in [3.63, 3.8) is 0 Å². The topological polar surface area (TPSA) is 3.24 Å². The van der Waals surface area contributed by atoms with E-state index in [1.807, 2.05) is 0 Å². The second-order valence-electron chi connectivity index (χ2n) is 15.3. The van der Waals surface area contributed by atoms with Crippen LogP contribution in [-0.2, 0) is 10.8 Å². The standard InChI is InChI=1S/C52H39N/c1-2-13-36(14-3-1)37-25-27-39(28-26-37)53(50-24-12-16-38-15-4-5-17-41(38)50)40-29-30-45-44-20-8-11-23-48(44)52(49(45)35-40)33-31-51(32-34-52)46-21-9-6-18-42(46)43-19-7-10-22-47(43)51/h1-30,35H,31-34H2. The van der Waals surface area contributed by atoms with E-state index in [0.29, 0.717) is 0 Å². The number of hydrogen-bond acceptors (Lipinski definition) is 1. The van der Waals surface area contributed by atoms with Crippen molar-refractivity contribution in [1.82, 2.24) is 0 Å². The van der Waals surface area contributed by atoms with Gasteiger partial charge in [-0.2, -0.15) is 0 Å². The molecule has 0 atom stereocenters. The zero-order chi connectivity index (χ0) is 35.0. The van der Waals surface area contributed by atoms with Crippen LogP contribution in [0, 0.1) is 0 Å². The number of benzene rings is 8. The lowest BCUT2D eigenvalue weighted by Crippen LogP contribution is -2.39. The van der Waals surface area contributed by atoms with E-state index in [-0.39, 0.29) is 10.8 Å². The predicted molar refractivity (Wildman–Crippen MR) is 221 cm³/mol. The van der Waals surface area contributed by atoms with Crippen LogP contribution in [0.3, 0.4) is 0 Å². The van der Waals surface area contributed by atoms with Crippen LogP contribution < -0.4 is 4.90 Å². The van der Waals surface area contributed by atoms with E-state index in [2.05, 4.69) is 193 Å². The van der Waals surface area contributed by atoms with Gasteiger partial charge in [-0.15, -0.1) is 0 Å². The van der Waals surface area contributed by atoms with Crippen LogP contribution in [0.15, 0.2) is 188 Å². The maximum Gasteiger partial charge on any atom is 0.0540 e. The first-order chi connectivity index (χ1) is 26.2. The second-order valence-corrected chi connectivity index (χ2v) is 15.3. The quantitative estimate of drug-likeness (QED) is 0.179. The van der Waals surface area contributed by atoms with E-state index in [0.717, 1.165) is 31.4 Å². The van der Waals surface area contributed by atoms with Gasteiger partial charge in [0.15, 0.2) is 0 Å². The van der Waals surface area contributed by atoms with Crippen molar-refractivity contribution in [1.29, 1.82) is 0 Å². The molecule has 3 aliphatic carbocycles. The Morgan fingerprint density at radius 2 is 0.811 bits per heavy atom. The van der Waals surface area contributed by atoms with Crippen molar-refractivity contribution in [2.45, 2.75) is 36.5 Å². The van der Waals surface area contributed by atoms with Gasteiger partial charge in [-0.3, -0.25) is 0 Å². The minimum atomic E-state index is -0.0404. The Morgan fingerprint density at radius 1 is 0.340 bits per heavy atom. The van der Waals surface area contributed by atoms with E-state index in [1.165, 1.54) is 77.8 Å². The molecule has 0 amide bonds. The Bertz CT molecular complexity index is 2620.